The molecule has 1 aromatic rings. The summed E-state index contributed by atoms with van der Waals surface area (Å²) in [6.07, 6.45) is 0.483. The van der Waals surface area contributed by atoms with Crippen molar-refractivity contribution in [2.24, 2.45) is 5.41 Å². The smallest absolute Gasteiger partial charge is 0.255 e. The van der Waals surface area contributed by atoms with Crippen LogP contribution in [0.4, 0.5) is 0 Å². The fourth-order valence-electron chi connectivity index (χ4n) is 1.83. The number of hydrogen-bond acceptors (Lipinski definition) is 3. The van der Waals surface area contributed by atoms with Crippen LogP contribution in [0, 0.1) is 12.6 Å². The highest BCUT2D eigenvalue weighted by molar-refractivity contribution is 14.1. The van der Waals surface area contributed by atoms with Gasteiger partial charge >= 0.3 is 0 Å². The molecule has 6 heteroatoms. The number of rotatable bonds is 4. The Kier molecular flexibility index (Phi) is 6.52. The van der Waals surface area contributed by atoms with E-state index in [1.54, 1.807) is 6.07 Å². The summed E-state index contributed by atoms with van der Waals surface area (Å²) in [5.41, 5.74) is 0.108. The molecule has 0 aliphatic heterocycles. The molecule has 20 heavy (non-hydrogen) atoms. The number of amides is 1. The second kappa shape index (κ2) is 7.26. The quantitative estimate of drug-likeness (QED) is 0.554. The van der Waals surface area contributed by atoms with Gasteiger partial charge < -0.3 is 15.5 Å². The fourth-order valence-corrected chi connectivity index (χ4v) is 3.67. The van der Waals surface area contributed by atoms with Gasteiger partial charge in [0.05, 0.1) is 9.13 Å². The Morgan fingerprint density at radius 1 is 1.35 bits per heavy atom. The third kappa shape index (κ3) is 4.73. The zero-order valence-corrected chi connectivity index (χ0v) is 16.0. The summed E-state index contributed by atoms with van der Waals surface area (Å²) in [5, 5.41) is 22.0. The van der Waals surface area contributed by atoms with Crippen LogP contribution in [0.5, 0.6) is 5.75 Å². The van der Waals surface area contributed by atoms with Gasteiger partial charge in [-0.25, -0.2) is 0 Å². The average Bonchev–Trinajstić information content (AvgIpc) is 2.31. The highest BCUT2D eigenvalue weighted by atomic mass is 127. The molecule has 112 valence electrons. The molecule has 0 heterocycles. The Morgan fingerprint density at radius 2 is 1.95 bits per heavy atom. The van der Waals surface area contributed by atoms with E-state index in [1.165, 1.54) is 0 Å². The minimum atomic E-state index is -0.313. The molecule has 0 spiro atoms. The van der Waals surface area contributed by atoms with Crippen LogP contribution < -0.4 is 5.32 Å². The van der Waals surface area contributed by atoms with E-state index >= 15 is 0 Å². The van der Waals surface area contributed by atoms with E-state index in [0.717, 1.165) is 3.57 Å². The number of benzene rings is 1. The Bertz CT molecular complexity index is 498. The monoisotopic (exact) mass is 503 g/mol. The molecule has 4 nitrogen and oxygen atoms in total. The minimum Gasteiger partial charge on any atom is -0.506 e. The van der Waals surface area contributed by atoms with E-state index in [1.807, 2.05) is 49.4 Å². The summed E-state index contributed by atoms with van der Waals surface area (Å²) >= 11 is 4.11. The SMILES string of the molecule is CC(C)(C)C(CCO)NC(=O)c1cc(I)cc(I)c1O. The molecule has 0 bridgehead atoms. The van der Waals surface area contributed by atoms with Crippen LogP contribution in [0.1, 0.15) is 37.6 Å². The van der Waals surface area contributed by atoms with Crippen molar-refractivity contribution in [2.75, 3.05) is 6.61 Å². The van der Waals surface area contributed by atoms with Crippen molar-refractivity contribution in [2.45, 2.75) is 33.2 Å². The number of hydrogen-bond donors (Lipinski definition) is 3. The first-order valence-electron chi connectivity index (χ1n) is 6.26. The number of aliphatic hydroxyl groups excluding tert-OH is 1. The lowest BCUT2D eigenvalue weighted by atomic mass is 9.84. The first-order valence-corrected chi connectivity index (χ1v) is 8.42. The number of phenolic OH excluding ortho intramolecular Hbond substituents is 1. The van der Waals surface area contributed by atoms with Crippen molar-refractivity contribution in [1.82, 2.24) is 5.32 Å². The summed E-state index contributed by atoms with van der Waals surface area (Å²) < 4.78 is 1.54. The summed E-state index contributed by atoms with van der Waals surface area (Å²) in [7, 11) is 0. The molecule has 1 rings (SSSR count). The zero-order valence-electron chi connectivity index (χ0n) is 11.7. The highest BCUT2D eigenvalue weighted by Crippen LogP contribution is 2.28. The normalized spacial score (nSPS) is 13.1. The van der Waals surface area contributed by atoms with Gasteiger partial charge in [0.25, 0.3) is 5.91 Å². The lowest BCUT2D eigenvalue weighted by Crippen LogP contribution is -2.44. The number of halogens is 2. The van der Waals surface area contributed by atoms with Gasteiger partial charge in [-0.3, -0.25) is 4.79 Å². The first-order chi connectivity index (χ1) is 9.16. The summed E-state index contributed by atoms with van der Waals surface area (Å²) in [6, 6.07) is 3.31. The second-order valence-electron chi connectivity index (χ2n) is 5.69. The zero-order chi connectivity index (χ0) is 15.5. The number of aromatic hydroxyl groups is 1. The molecule has 3 N–H and O–H groups in total. The van der Waals surface area contributed by atoms with Crippen molar-refractivity contribution in [1.29, 1.82) is 0 Å². The standard InChI is InChI=1S/C14H19I2NO3/c1-14(2,3)11(4-5-18)17-13(20)9-6-8(15)7-10(16)12(9)19/h6-7,11,18-19H,4-5H2,1-3H3,(H,17,20). The molecule has 0 saturated carbocycles. The van der Waals surface area contributed by atoms with Gasteiger partial charge in [-0.2, -0.15) is 0 Å². The maximum absolute atomic E-state index is 12.3. The summed E-state index contributed by atoms with van der Waals surface area (Å²) in [5.74, 6) is -0.313. The molecule has 0 aliphatic rings. The van der Waals surface area contributed by atoms with Crippen LogP contribution in [0.25, 0.3) is 0 Å². The predicted molar refractivity (Wildman–Crippen MR) is 96.0 cm³/mol. The van der Waals surface area contributed by atoms with Gasteiger partial charge in [0, 0.05) is 16.2 Å². The third-order valence-corrected chi connectivity index (χ3v) is 4.49. The maximum atomic E-state index is 12.3. The van der Waals surface area contributed by atoms with E-state index in [0.29, 0.717) is 9.99 Å². The molecule has 0 fully saturated rings. The van der Waals surface area contributed by atoms with Gasteiger partial charge in [0.1, 0.15) is 5.75 Å². The number of carbonyl (C=O) groups excluding carboxylic acids is 1. The molecule has 0 aliphatic carbocycles. The number of nitrogens with one attached hydrogen (secondary N) is 1. The first kappa shape index (κ1) is 18.0. The Balaban J connectivity index is 3.01. The molecular weight excluding hydrogens is 484 g/mol. The van der Waals surface area contributed by atoms with Crippen molar-refractivity contribution < 1.29 is 15.0 Å². The largest absolute Gasteiger partial charge is 0.506 e. The topological polar surface area (TPSA) is 69.6 Å². The van der Waals surface area contributed by atoms with Gasteiger partial charge in [-0.05, 0) is 69.2 Å². The van der Waals surface area contributed by atoms with Gasteiger partial charge in [-0.1, -0.05) is 20.8 Å². The van der Waals surface area contributed by atoms with Crippen molar-refractivity contribution in [3.8, 4) is 5.75 Å². The number of carbonyl (C=O) groups is 1. The van der Waals surface area contributed by atoms with E-state index in [2.05, 4.69) is 27.9 Å². The molecular formula is C14H19I2NO3. The van der Waals surface area contributed by atoms with Gasteiger partial charge in [-0.15, -0.1) is 0 Å². The Morgan fingerprint density at radius 3 is 2.45 bits per heavy atom. The minimum absolute atomic E-state index is 0.000161. The van der Waals surface area contributed by atoms with Crippen molar-refractivity contribution in [3.63, 3.8) is 0 Å². The van der Waals surface area contributed by atoms with E-state index in [4.69, 9.17) is 5.11 Å². The third-order valence-electron chi connectivity index (χ3n) is 3.04. The number of phenols is 1. The van der Waals surface area contributed by atoms with Gasteiger partial charge in [0.15, 0.2) is 0 Å². The Hall–Kier alpha value is -0.0900. The second-order valence-corrected chi connectivity index (χ2v) is 8.10. The summed E-state index contributed by atoms with van der Waals surface area (Å²) in [6.45, 7) is 6.03. The Labute approximate surface area is 146 Å². The molecule has 1 aromatic carbocycles. The maximum Gasteiger partial charge on any atom is 0.255 e. The molecule has 0 aromatic heterocycles. The predicted octanol–water partition coefficient (Wildman–Crippen LogP) is 3.13. The molecule has 0 radical (unpaired) electrons. The lowest BCUT2D eigenvalue weighted by Gasteiger charge is -2.31. The molecule has 1 amide bonds. The molecule has 1 unspecified atom stereocenters. The molecule has 1 atom stereocenters. The number of aliphatic hydroxyl groups is 1. The van der Waals surface area contributed by atoms with Crippen LogP contribution in [0.3, 0.4) is 0 Å². The van der Waals surface area contributed by atoms with E-state index in [9.17, 15) is 9.90 Å². The van der Waals surface area contributed by atoms with Crippen molar-refractivity contribution in [3.05, 3.63) is 24.8 Å². The van der Waals surface area contributed by atoms with Crippen LogP contribution in [0.2, 0.25) is 0 Å². The van der Waals surface area contributed by atoms with E-state index in [-0.39, 0.29) is 35.3 Å². The highest BCUT2D eigenvalue weighted by Gasteiger charge is 2.27. The van der Waals surface area contributed by atoms with Crippen LogP contribution >= 0.6 is 45.2 Å². The van der Waals surface area contributed by atoms with Gasteiger partial charge in [0.2, 0.25) is 0 Å². The average molecular weight is 503 g/mol. The van der Waals surface area contributed by atoms with Crippen LogP contribution in [-0.4, -0.2) is 28.8 Å². The fraction of sp³-hybridized carbons (Fsp3) is 0.500. The van der Waals surface area contributed by atoms with Crippen LogP contribution in [0.15, 0.2) is 12.1 Å². The molecule has 0 saturated heterocycles. The lowest BCUT2D eigenvalue weighted by molar-refractivity contribution is 0.0882. The summed E-state index contributed by atoms with van der Waals surface area (Å²) in [4.78, 5) is 12.3. The van der Waals surface area contributed by atoms with Crippen molar-refractivity contribution >= 4 is 51.1 Å². The van der Waals surface area contributed by atoms with E-state index < -0.39 is 0 Å². The van der Waals surface area contributed by atoms with Crippen LogP contribution in [-0.2, 0) is 0 Å².